The largest absolute Gasteiger partial charge is 0.497 e. The van der Waals surface area contributed by atoms with E-state index in [2.05, 4.69) is 30.6 Å². The van der Waals surface area contributed by atoms with Crippen molar-refractivity contribution in [2.24, 2.45) is 0 Å². The third-order valence-electron chi connectivity index (χ3n) is 6.60. The normalized spacial score (nSPS) is 13.1. The molecule has 1 fully saturated rings. The van der Waals surface area contributed by atoms with E-state index in [-0.39, 0.29) is 11.8 Å². The van der Waals surface area contributed by atoms with Crippen LogP contribution >= 0.6 is 0 Å². The second-order valence-corrected chi connectivity index (χ2v) is 9.14. The topological polar surface area (TPSA) is 125 Å². The Labute approximate surface area is 224 Å². The number of rotatable bonds is 7. The van der Waals surface area contributed by atoms with E-state index in [1.165, 1.54) is 6.33 Å². The number of H-pyrrole nitrogens is 1. The third-order valence-corrected chi connectivity index (χ3v) is 6.60. The predicted octanol–water partition coefficient (Wildman–Crippen LogP) is 5.15. The van der Waals surface area contributed by atoms with Crippen LogP contribution in [0.2, 0.25) is 0 Å². The number of carbonyl (C=O) groups is 2. The molecular weight excluding hydrogens is 494 g/mol. The van der Waals surface area contributed by atoms with Gasteiger partial charge in [0, 0.05) is 36.5 Å². The lowest BCUT2D eigenvalue weighted by Gasteiger charge is -2.16. The van der Waals surface area contributed by atoms with Crippen LogP contribution in [-0.4, -0.2) is 45.4 Å². The number of aromatic amines is 1. The minimum Gasteiger partial charge on any atom is -0.497 e. The van der Waals surface area contributed by atoms with Crippen molar-refractivity contribution in [2.45, 2.75) is 12.8 Å². The first-order valence-corrected chi connectivity index (χ1v) is 12.5. The summed E-state index contributed by atoms with van der Waals surface area (Å²) in [6.07, 6.45) is 8.07. The van der Waals surface area contributed by atoms with E-state index in [4.69, 9.17) is 4.74 Å². The van der Waals surface area contributed by atoms with Gasteiger partial charge in [0.05, 0.1) is 53.8 Å². The zero-order valence-electron chi connectivity index (χ0n) is 21.1. The Hall–Kier alpha value is -5.25. The number of imidazole rings is 1. The molecule has 194 valence electrons. The van der Waals surface area contributed by atoms with Gasteiger partial charge >= 0.3 is 0 Å². The average molecular weight is 520 g/mol. The molecule has 0 unspecified atom stereocenters. The van der Waals surface area contributed by atoms with Crippen molar-refractivity contribution in [1.29, 1.82) is 0 Å². The molecule has 0 aliphatic carbocycles. The molecule has 2 aromatic carbocycles. The van der Waals surface area contributed by atoms with Crippen molar-refractivity contribution in [3.05, 3.63) is 85.1 Å². The number of ether oxygens (including phenoxy) is 1. The fraction of sp³-hybridized carbons (Fsp3) is 0.138. The second kappa shape index (κ2) is 10.3. The standard InChI is InChI=1S/C29H25N7O3/c1-39-23-12-24(28-25(13-23)32-17-33-28)29(38)35-21-11-20(15-30-16-21)34-26-9-6-19(14-31-26)18-4-7-22(8-5-18)36-10-2-3-27(36)37/h4-9,11-17H,2-3,10H2,1H3,(H,31,34)(H,32,33)(H,35,38). The first-order valence-electron chi connectivity index (χ1n) is 12.5. The number of fused-ring (bicyclic) bond motifs is 1. The second-order valence-electron chi connectivity index (χ2n) is 9.14. The Morgan fingerprint density at radius 2 is 1.79 bits per heavy atom. The quantitative estimate of drug-likeness (QED) is 0.271. The number of nitrogens with one attached hydrogen (secondary N) is 3. The molecule has 3 N–H and O–H groups in total. The summed E-state index contributed by atoms with van der Waals surface area (Å²) in [5, 5.41) is 6.11. The molecule has 0 bridgehead atoms. The average Bonchev–Trinajstić information content (AvgIpc) is 3.62. The van der Waals surface area contributed by atoms with Crippen LogP contribution in [0.5, 0.6) is 5.75 Å². The van der Waals surface area contributed by atoms with Gasteiger partial charge in [-0.15, -0.1) is 0 Å². The Kier molecular flexibility index (Phi) is 6.34. The number of hydrogen-bond acceptors (Lipinski definition) is 7. The lowest BCUT2D eigenvalue weighted by molar-refractivity contribution is -0.117. The number of pyridine rings is 2. The number of benzene rings is 2. The summed E-state index contributed by atoms with van der Waals surface area (Å²) in [7, 11) is 1.55. The number of methoxy groups -OCH3 is 1. The summed E-state index contributed by atoms with van der Waals surface area (Å²) in [6, 6.07) is 17.0. The molecule has 2 amide bonds. The van der Waals surface area contributed by atoms with E-state index in [1.54, 1.807) is 43.9 Å². The molecule has 0 saturated carbocycles. The summed E-state index contributed by atoms with van der Waals surface area (Å²) < 4.78 is 5.31. The zero-order chi connectivity index (χ0) is 26.8. The maximum atomic E-state index is 13.1. The van der Waals surface area contributed by atoms with Gasteiger partial charge in [-0.3, -0.25) is 14.6 Å². The smallest absolute Gasteiger partial charge is 0.258 e. The van der Waals surface area contributed by atoms with Crippen LogP contribution in [0.15, 0.2) is 79.5 Å². The van der Waals surface area contributed by atoms with Crippen molar-refractivity contribution in [3.63, 3.8) is 0 Å². The number of aromatic nitrogens is 4. The summed E-state index contributed by atoms with van der Waals surface area (Å²) in [5.74, 6) is 1.04. The molecule has 6 rings (SSSR count). The molecule has 5 aromatic rings. The van der Waals surface area contributed by atoms with Crippen LogP contribution in [0.1, 0.15) is 23.2 Å². The summed E-state index contributed by atoms with van der Waals surface area (Å²) in [4.78, 5) is 42.9. The SMILES string of the molecule is COc1cc(C(=O)Nc2cncc(Nc3ccc(-c4ccc(N5CCCC5=O)cc4)cn3)c2)c2[nH]cnc2c1. The maximum Gasteiger partial charge on any atom is 0.258 e. The number of anilines is 4. The van der Waals surface area contributed by atoms with Crippen LogP contribution in [-0.2, 0) is 4.79 Å². The van der Waals surface area contributed by atoms with E-state index in [0.717, 1.165) is 29.8 Å². The van der Waals surface area contributed by atoms with Gasteiger partial charge in [-0.2, -0.15) is 0 Å². The lowest BCUT2D eigenvalue weighted by Crippen LogP contribution is -2.23. The van der Waals surface area contributed by atoms with Crippen LogP contribution in [0.3, 0.4) is 0 Å². The molecule has 39 heavy (non-hydrogen) atoms. The number of hydrogen-bond donors (Lipinski definition) is 3. The number of nitrogens with zero attached hydrogens (tertiary/aromatic N) is 4. The van der Waals surface area contributed by atoms with Gasteiger partial charge in [0.25, 0.3) is 5.91 Å². The lowest BCUT2D eigenvalue weighted by atomic mass is 10.1. The first kappa shape index (κ1) is 24.1. The van der Waals surface area contributed by atoms with Crippen LogP contribution in [0, 0.1) is 0 Å². The molecule has 0 spiro atoms. The van der Waals surface area contributed by atoms with Gasteiger partial charge < -0.3 is 25.3 Å². The first-order chi connectivity index (χ1) is 19.1. The molecule has 0 radical (unpaired) electrons. The molecule has 0 atom stereocenters. The fourth-order valence-corrected chi connectivity index (χ4v) is 4.63. The molecule has 10 heteroatoms. The van der Waals surface area contributed by atoms with Crippen molar-refractivity contribution in [2.75, 3.05) is 29.2 Å². The number of amides is 2. The molecule has 4 heterocycles. The molecule has 10 nitrogen and oxygen atoms in total. The summed E-state index contributed by atoms with van der Waals surface area (Å²) in [6.45, 7) is 0.773. The minimum absolute atomic E-state index is 0.174. The molecule has 1 aliphatic rings. The van der Waals surface area contributed by atoms with E-state index in [9.17, 15) is 9.59 Å². The van der Waals surface area contributed by atoms with E-state index >= 15 is 0 Å². The van der Waals surface area contributed by atoms with Gasteiger partial charge in [-0.1, -0.05) is 12.1 Å². The van der Waals surface area contributed by atoms with Gasteiger partial charge in [0.15, 0.2) is 0 Å². The summed E-state index contributed by atoms with van der Waals surface area (Å²) in [5.41, 5.74) is 5.77. The van der Waals surface area contributed by atoms with Crippen molar-refractivity contribution in [1.82, 2.24) is 19.9 Å². The van der Waals surface area contributed by atoms with Gasteiger partial charge in [-0.25, -0.2) is 9.97 Å². The van der Waals surface area contributed by atoms with Crippen molar-refractivity contribution < 1.29 is 14.3 Å². The van der Waals surface area contributed by atoms with Gasteiger partial charge in [-0.05, 0) is 48.4 Å². The Morgan fingerprint density at radius 3 is 2.54 bits per heavy atom. The van der Waals surface area contributed by atoms with E-state index in [0.29, 0.717) is 46.0 Å². The van der Waals surface area contributed by atoms with Crippen LogP contribution in [0.25, 0.3) is 22.2 Å². The molecular formula is C29H25N7O3. The highest BCUT2D eigenvalue weighted by atomic mass is 16.5. The molecule has 1 saturated heterocycles. The van der Waals surface area contributed by atoms with E-state index in [1.807, 2.05) is 41.3 Å². The molecule has 1 aliphatic heterocycles. The van der Waals surface area contributed by atoms with Crippen LogP contribution < -0.4 is 20.3 Å². The fourth-order valence-electron chi connectivity index (χ4n) is 4.63. The van der Waals surface area contributed by atoms with E-state index < -0.39 is 0 Å². The van der Waals surface area contributed by atoms with Crippen molar-refractivity contribution >= 4 is 45.7 Å². The highest BCUT2D eigenvalue weighted by Gasteiger charge is 2.21. The van der Waals surface area contributed by atoms with Crippen LogP contribution in [0.4, 0.5) is 22.9 Å². The van der Waals surface area contributed by atoms with Gasteiger partial charge in [0.2, 0.25) is 5.91 Å². The predicted molar refractivity (Wildman–Crippen MR) is 149 cm³/mol. The summed E-state index contributed by atoms with van der Waals surface area (Å²) >= 11 is 0. The Balaban J connectivity index is 1.14. The highest BCUT2D eigenvalue weighted by molar-refractivity contribution is 6.12. The van der Waals surface area contributed by atoms with Crippen molar-refractivity contribution in [3.8, 4) is 16.9 Å². The highest BCUT2D eigenvalue weighted by Crippen LogP contribution is 2.27. The Morgan fingerprint density at radius 1 is 0.974 bits per heavy atom. The minimum atomic E-state index is -0.315. The monoisotopic (exact) mass is 519 g/mol. The van der Waals surface area contributed by atoms with Gasteiger partial charge in [0.1, 0.15) is 11.6 Å². The Bertz CT molecular complexity index is 1660. The molecule has 3 aromatic heterocycles. The maximum absolute atomic E-state index is 13.1. The number of carbonyl (C=O) groups excluding carboxylic acids is 2. The zero-order valence-corrected chi connectivity index (χ0v) is 21.1. The third kappa shape index (κ3) is 4.99.